The third-order valence-corrected chi connectivity index (χ3v) is 6.03. The van der Waals surface area contributed by atoms with Crippen LogP contribution >= 0.6 is 11.8 Å². The molecular formula is C18H21N3O2S. The lowest BCUT2D eigenvalue weighted by molar-refractivity contribution is -0.123. The minimum atomic E-state index is -0.427. The summed E-state index contributed by atoms with van der Waals surface area (Å²) in [6.07, 6.45) is 9.36. The van der Waals surface area contributed by atoms with E-state index in [9.17, 15) is 14.9 Å². The molecule has 5 nitrogen and oxygen atoms in total. The maximum Gasteiger partial charge on any atom is 0.227 e. The lowest BCUT2D eigenvalue weighted by Gasteiger charge is -2.39. The van der Waals surface area contributed by atoms with Gasteiger partial charge >= 0.3 is 0 Å². The topological polar surface area (TPSA) is 96.3 Å². The van der Waals surface area contributed by atoms with Crippen molar-refractivity contribution in [2.45, 2.75) is 38.5 Å². The number of fused-ring (bicyclic) bond motifs is 1. The number of ketones is 1. The van der Waals surface area contributed by atoms with Crippen LogP contribution in [0.25, 0.3) is 0 Å². The van der Waals surface area contributed by atoms with Crippen molar-refractivity contribution in [1.29, 1.82) is 5.26 Å². The van der Waals surface area contributed by atoms with Gasteiger partial charge in [-0.1, -0.05) is 23.9 Å². The Balaban J connectivity index is 2.01. The van der Waals surface area contributed by atoms with Crippen LogP contribution in [0.2, 0.25) is 0 Å². The summed E-state index contributed by atoms with van der Waals surface area (Å²) < 4.78 is 0. The van der Waals surface area contributed by atoms with E-state index in [1.807, 2.05) is 0 Å². The molecule has 0 bridgehead atoms. The fourth-order valence-corrected chi connectivity index (χ4v) is 4.79. The summed E-state index contributed by atoms with van der Waals surface area (Å²) >= 11 is 1.23. The molecule has 1 fully saturated rings. The molecule has 0 aromatic heterocycles. The number of carbonyl (C=O) groups is 2. The first kappa shape index (κ1) is 17.0. The zero-order valence-corrected chi connectivity index (χ0v) is 14.3. The highest BCUT2D eigenvalue weighted by Gasteiger charge is 2.44. The number of nitrogens with two attached hydrogens (primary N) is 1. The van der Waals surface area contributed by atoms with Crippen LogP contribution < -0.4 is 5.73 Å². The van der Waals surface area contributed by atoms with Gasteiger partial charge in [-0.05, 0) is 38.0 Å². The highest BCUT2D eigenvalue weighted by Crippen LogP contribution is 2.45. The Bertz CT molecular complexity index is 687. The molecule has 126 valence electrons. The van der Waals surface area contributed by atoms with Gasteiger partial charge in [-0.25, -0.2) is 4.99 Å². The number of aliphatic imine (C=N–C) groups is 1. The van der Waals surface area contributed by atoms with Crippen LogP contribution in [0.1, 0.15) is 38.5 Å². The normalized spacial score (nSPS) is 29.7. The summed E-state index contributed by atoms with van der Waals surface area (Å²) in [5, 5.41) is 10.4. The molecule has 6 heteroatoms. The van der Waals surface area contributed by atoms with E-state index in [1.54, 1.807) is 0 Å². The second-order valence-corrected chi connectivity index (χ2v) is 7.52. The Morgan fingerprint density at radius 3 is 2.92 bits per heavy atom. The molecule has 1 saturated carbocycles. The van der Waals surface area contributed by atoms with Crippen molar-refractivity contribution in [3.8, 4) is 6.07 Å². The second kappa shape index (κ2) is 7.35. The number of amides is 1. The third kappa shape index (κ3) is 3.32. The lowest BCUT2D eigenvalue weighted by Crippen LogP contribution is -2.41. The summed E-state index contributed by atoms with van der Waals surface area (Å²) in [5.41, 5.74) is 6.73. The first-order valence-electron chi connectivity index (χ1n) is 8.42. The minimum absolute atomic E-state index is 0.101. The Labute approximate surface area is 146 Å². The van der Waals surface area contributed by atoms with Gasteiger partial charge in [-0.2, -0.15) is 5.26 Å². The molecule has 3 aliphatic rings. The number of hydrogen-bond acceptors (Lipinski definition) is 5. The van der Waals surface area contributed by atoms with Gasteiger partial charge in [-0.15, -0.1) is 0 Å². The highest BCUT2D eigenvalue weighted by atomic mass is 32.2. The van der Waals surface area contributed by atoms with Crippen molar-refractivity contribution >= 4 is 29.2 Å². The molecule has 0 saturated heterocycles. The van der Waals surface area contributed by atoms with Gasteiger partial charge < -0.3 is 5.73 Å². The van der Waals surface area contributed by atoms with Crippen molar-refractivity contribution in [1.82, 2.24) is 0 Å². The lowest BCUT2D eigenvalue weighted by atomic mass is 9.66. The summed E-state index contributed by atoms with van der Waals surface area (Å²) in [5.74, 6) is -0.173. The standard InChI is InChI=1S/C18H21N3O2S/c19-9-12-16(11-5-2-1-3-6-11)17-13(7-4-8-14(17)22)21-18(12)24-10-15(20)23/h1-2,11,16-17H,3-8,10H2,(H2,20,23)/t11-,16+,17?/m0/s1. The molecule has 0 aromatic rings. The van der Waals surface area contributed by atoms with E-state index >= 15 is 0 Å². The summed E-state index contributed by atoms with van der Waals surface area (Å²) in [6, 6.07) is 2.30. The van der Waals surface area contributed by atoms with Crippen molar-refractivity contribution < 1.29 is 9.59 Å². The number of nitriles is 1. The molecule has 3 rings (SSSR count). The van der Waals surface area contributed by atoms with Gasteiger partial charge in [0.25, 0.3) is 0 Å². The van der Waals surface area contributed by atoms with E-state index in [-0.39, 0.29) is 29.3 Å². The maximum absolute atomic E-state index is 12.6. The SMILES string of the molecule is N#CC1=C(SCC(N)=O)N=C2CCCC(=O)C2[C@@H]1[C@H]1CC=CCC1. The molecular weight excluding hydrogens is 322 g/mol. The Hall–Kier alpha value is -1.87. The highest BCUT2D eigenvalue weighted by molar-refractivity contribution is 8.03. The van der Waals surface area contributed by atoms with E-state index in [0.29, 0.717) is 17.0 Å². The van der Waals surface area contributed by atoms with Crippen LogP contribution in [0, 0.1) is 29.1 Å². The first-order chi connectivity index (χ1) is 11.6. The molecule has 2 aliphatic carbocycles. The average molecular weight is 343 g/mol. The van der Waals surface area contributed by atoms with E-state index < -0.39 is 5.91 Å². The van der Waals surface area contributed by atoms with E-state index in [4.69, 9.17) is 5.73 Å². The molecule has 2 N–H and O–H groups in total. The fraction of sp³-hybridized carbons (Fsp3) is 0.556. The summed E-state index contributed by atoms with van der Waals surface area (Å²) in [4.78, 5) is 28.4. The first-order valence-corrected chi connectivity index (χ1v) is 9.41. The summed E-state index contributed by atoms with van der Waals surface area (Å²) in [6.45, 7) is 0. The Morgan fingerprint density at radius 1 is 1.42 bits per heavy atom. The van der Waals surface area contributed by atoms with Crippen molar-refractivity contribution in [3.63, 3.8) is 0 Å². The Morgan fingerprint density at radius 2 is 2.25 bits per heavy atom. The predicted molar refractivity (Wildman–Crippen MR) is 94.0 cm³/mol. The van der Waals surface area contributed by atoms with E-state index in [1.165, 1.54) is 11.8 Å². The van der Waals surface area contributed by atoms with Crippen LogP contribution in [0.15, 0.2) is 27.7 Å². The van der Waals surface area contributed by atoms with Crippen LogP contribution in [0.4, 0.5) is 0 Å². The molecule has 0 aromatic carbocycles. The number of hydrogen-bond donors (Lipinski definition) is 1. The van der Waals surface area contributed by atoms with Crippen molar-refractivity contribution in [2.24, 2.45) is 28.5 Å². The molecule has 0 spiro atoms. The molecule has 1 heterocycles. The molecule has 3 atom stereocenters. The zero-order chi connectivity index (χ0) is 17.1. The average Bonchev–Trinajstić information content (AvgIpc) is 2.59. The monoisotopic (exact) mass is 343 g/mol. The molecule has 0 radical (unpaired) electrons. The van der Waals surface area contributed by atoms with E-state index in [2.05, 4.69) is 23.2 Å². The van der Waals surface area contributed by atoms with Crippen LogP contribution in [-0.4, -0.2) is 23.2 Å². The van der Waals surface area contributed by atoms with Gasteiger partial charge in [0.15, 0.2) is 0 Å². The third-order valence-electron chi connectivity index (χ3n) is 5.02. The number of primary amides is 1. The van der Waals surface area contributed by atoms with Crippen molar-refractivity contribution in [2.75, 3.05) is 5.75 Å². The number of allylic oxidation sites excluding steroid dienone is 3. The van der Waals surface area contributed by atoms with Gasteiger partial charge in [0.2, 0.25) is 5.91 Å². The molecule has 24 heavy (non-hydrogen) atoms. The fourth-order valence-electron chi connectivity index (χ4n) is 4.00. The largest absolute Gasteiger partial charge is 0.369 e. The van der Waals surface area contributed by atoms with Crippen LogP contribution in [0.3, 0.4) is 0 Å². The van der Waals surface area contributed by atoms with Gasteiger partial charge in [0.1, 0.15) is 10.8 Å². The predicted octanol–water partition coefficient (Wildman–Crippen LogP) is 2.74. The smallest absolute Gasteiger partial charge is 0.227 e. The van der Waals surface area contributed by atoms with Gasteiger partial charge in [-0.3, -0.25) is 9.59 Å². The van der Waals surface area contributed by atoms with Crippen LogP contribution in [-0.2, 0) is 9.59 Å². The number of carbonyl (C=O) groups excluding carboxylic acids is 2. The maximum atomic E-state index is 12.6. The zero-order valence-electron chi connectivity index (χ0n) is 13.5. The van der Waals surface area contributed by atoms with Crippen molar-refractivity contribution in [3.05, 3.63) is 22.8 Å². The van der Waals surface area contributed by atoms with Crippen LogP contribution in [0.5, 0.6) is 0 Å². The molecule has 1 unspecified atom stereocenters. The van der Waals surface area contributed by atoms with E-state index in [0.717, 1.165) is 37.8 Å². The van der Waals surface area contributed by atoms with Gasteiger partial charge in [0.05, 0.1) is 23.3 Å². The summed E-state index contributed by atoms with van der Waals surface area (Å²) in [7, 11) is 0. The number of Topliss-reactive ketones (excluding diaryl/α,β-unsaturated/α-hetero) is 1. The molecule has 1 aliphatic heterocycles. The molecule has 1 amide bonds. The second-order valence-electron chi connectivity index (χ2n) is 6.56. The number of rotatable bonds is 4. The number of thioether (sulfide) groups is 1. The Kier molecular flexibility index (Phi) is 5.20. The quantitative estimate of drug-likeness (QED) is 0.794. The van der Waals surface area contributed by atoms with Gasteiger partial charge in [0, 0.05) is 18.1 Å². The minimum Gasteiger partial charge on any atom is -0.369 e. The number of nitrogens with zero attached hydrogens (tertiary/aromatic N) is 2.